The van der Waals surface area contributed by atoms with Crippen molar-refractivity contribution in [2.24, 2.45) is 0 Å². The molecule has 1 amide bonds. The molecular weight excluding hydrogens is 525 g/mol. The molecule has 1 fully saturated rings. The number of anilines is 1. The van der Waals surface area contributed by atoms with E-state index in [9.17, 15) is 13.2 Å². The van der Waals surface area contributed by atoms with Gasteiger partial charge in [-0.3, -0.25) is 4.79 Å². The fraction of sp³-hybridized carbons (Fsp3) is 0.481. The molecule has 0 bridgehead atoms. The first-order valence-electron chi connectivity index (χ1n) is 13.0. The minimum absolute atomic E-state index is 0.0636. The molecule has 3 aromatic rings. The van der Waals surface area contributed by atoms with Crippen molar-refractivity contribution in [1.29, 1.82) is 0 Å². The fourth-order valence-corrected chi connectivity index (χ4v) is 7.47. The van der Waals surface area contributed by atoms with Crippen molar-refractivity contribution in [3.63, 3.8) is 0 Å². The van der Waals surface area contributed by atoms with Crippen molar-refractivity contribution in [2.45, 2.75) is 49.3 Å². The number of hydrogen-bond donors (Lipinski definition) is 0. The SMILES string of the molecule is CCCCN(CCCC)S(=O)(=O)c1ccc(C(=O)N2CCN(c3nc4ccc(SC)cc4s3)CC2)cc1. The minimum atomic E-state index is -3.57. The lowest BCUT2D eigenvalue weighted by molar-refractivity contribution is 0.0746. The number of amides is 1. The highest BCUT2D eigenvalue weighted by Crippen LogP contribution is 2.32. The molecule has 0 saturated carbocycles. The lowest BCUT2D eigenvalue weighted by Crippen LogP contribution is -2.48. The van der Waals surface area contributed by atoms with Gasteiger partial charge in [-0.15, -0.1) is 11.8 Å². The van der Waals surface area contributed by atoms with Gasteiger partial charge in [-0.2, -0.15) is 4.31 Å². The number of unbranched alkanes of at least 4 members (excludes halogenated alkanes) is 2. The Labute approximate surface area is 228 Å². The summed E-state index contributed by atoms with van der Waals surface area (Å²) in [6, 6.07) is 12.8. The second-order valence-electron chi connectivity index (χ2n) is 9.24. The van der Waals surface area contributed by atoms with Crippen LogP contribution in [0.15, 0.2) is 52.3 Å². The Kier molecular flexibility index (Phi) is 9.50. The number of aromatic nitrogens is 1. The summed E-state index contributed by atoms with van der Waals surface area (Å²) in [5, 5.41) is 0.991. The number of hydrogen-bond acceptors (Lipinski definition) is 7. The summed E-state index contributed by atoms with van der Waals surface area (Å²) in [5.74, 6) is -0.0636. The Hall–Kier alpha value is -2.14. The van der Waals surface area contributed by atoms with Crippen LogP contribution in [0.3, 0.4) is 0 Å². The average Bonchev–Trinajstić information content (AvgIpc) is 3.36. The van der Waals surface area contributed by atoms with Crippen LogP contribution in [0.1, 0.15) is 49.9 Å². The summed E-state index contributed by atoms with van der Waals surface area (Å²) in [6.07, 6.45) is 5.62. The molecule has 10 heteroatoms. The smallest absolute Gasteiger partial charge is 0.253 e. The molecule has 2 heterocycles. The van der Waals surface area contributed by atoms with Gasteiger partial charge in [0.05, 0.1) is 15.1 Å². The number of benzene rings is 2. The molecule has 1 aliphatic rings. The monoisotopic (exact) mass is 560 g/mol. The van der Waals surface area contributed by atoms with Crippen molar-refractivity contribution in [3.8, 4) is 0 Å². The lowest BCUT2D eigenvalue weighted by atomic mass is 10.2. The number of piperazine rings is 1. The van der Waals surface area contributed by atoms with E-state index in [-0.39, 0.29) is 10.8 Å². The molecule has 200 valence electrons. The Morgan fingerprint density at radius 1 is 1.00 bits per heavy atom. The highest BCUT2D eigenvalue weighted by atomic mass is 32.2. The van der Waals surface area contributed by atoms with Crippen LogP contribution in [0.25, 0.3) is 10.2 Å². The normalized spacial score (nSPS) is 14.6. The molecule has 1 saturated heterocycles. The van der Waals surface area contributed by atoms with Gasteiger partial charge in [-0.25, -0.2) is 13.4 Å². The van der Waals surface area contributed by atoms with E-state index in [1.807, 2.05) is 4.90 Å². The Morgan fingerprint density at radius 3 is 2.24 bits per heavy atom. The van der Waals surface area contributed by atoms with Gasteiger partial charge >= 0.3 is 0 Å². The molecule has 0 atom stereocenters. The molecule has 2 aromatic carbocycles. The zero-order valence-electron chi connectivity index (χ0n) is 21.9. The maximum atomic E-state index is 13.2. The van der Waals surface area contributed by atoms with Crippen LogP contribution in [-0.2, 0) is 10.0 Å². The van der Waals surface area contributed by atoms with Crippen LogP contribution < -0.4 is 4.90 Å². The number of sulfonamides is 1. The number of carbonyl (C=O) groups excluding carboxylic acids is 1. The highest BCUT2D eigenvalue weighted by molar-refractivity contribution is 7.98. The molecule has 1 aliphatic heterocycles. The van der Waals surface area contributed by atoms with Crippen LogP contribution in [-0.4, -0.2) is 74.0 Å². The van der Waals surface area contributed by atoms with E-state index in [4.69, 9.17) is 4.98 Å². The van der Waals surface area contributed by atoms with Gasteiger partial charge in [0, 0.05) is 49.7 Å². The number of thioether (sulfide) groups is 1. The number of carbonyl (C=O) groups is 1. The van der Waals surface area contributed by atoms with Gasteiger partial charge in [0.1, 0.15) is 0 Å². The van der Waals surface area contributed by atoms with Crippen molar-refractivity contribution >= 4 is 54.4 Å². The molecule has 0 radical (unpaired) electrons. The first-order valence-corrected chi connectivity index (χ1v) is 16.4. The molecule has 7 nitrogen and oxygen atoms in total. The molecule has 4 rings (SSSR count). The van der Waals surface area contributed by atoms with Crippen LogP contribution in [0.2, 0.25) is 0 Å². The second kappa shape index (κ2) is 12.6. The van der Waals surface area contributed by atoms with E-state index in [1.165, 1.54) is 9.60 Å². The van der Waals surface area contributed by atoms with Gasteiger partial charge in [0.2, 0.25) is 10.0 Å². The van der Waals surface area contributed by atoms with E-state index in [2.05, 4.69) is 43.2 Å². The number of rotatable bonds is 11. The Balaban J connectivity index is 1.39. The zero-order chi connectivity index (χ0) is 26.4. The lowest BCUT2D eigenvalue weighted by Gasteiger charge is -2.34. The molecule has 0 N–H and O–H groups in total. The van der Waals surface area contributed by atoms with Crippen LogP contribution >= 0.6 is 23.1 Å². The van der Waals surface area contributed by atoms with E-state index in [0.29, 0.717) is 31.7 Å². The number of fused-ring (bicyclic) bond motifs is 1. The van der Waals surface area contributed by atoms with Crippen LogP contribution in [0.4, 0.5) is 5.13 Å². The third-order valence-electron chi connectivity index (χ3n) is 6.68. The third-order valence-corrected chi connectivity index (χ3v) is 10.4. The van der Waals surface area contributed by atoms with Crippen LogP contribution in [0.5, 0.6) is 0 Å². The van der Waals surface area contributed by atoms with Crippen LogP contribution in [0, 0.1) is 0 Å². The summed E-state index contributed by atoms with van der Waals surface area (Å²) in [7, 11) is -3.57. The summed E-state index contributed by atoms with van der Waals surface area (Å²) in [6.45, 7) is 7.82. The zero-order valence-corrected chi connectivity index (χ0v) is 24.3. The maximum Gasteiger partial charge on any atom is 0.253 e. The van der Waals surface area contributed by atoms with E-state index in [1.54, 1.807) is 51.7 Å². The minimum Gasteiger partial charge on any atom is -0.345 e. The highest BCUT2D eigenvalue weighted by Gasteiger charge is 2.26. The third kappa shape index (κ3) is 6.47. The average molecular weight is 561 g/mol. The predicted octanol–water partition coefficient (Wildman–Crippen LogP) is 5.57. The first kappa shape index (κ1) is 27.9. The molecule has 1 aromatic heterocycles. The van der Waals surface area contributed by atoms with Crippen molar-refractivity contribution in [3.05, 3.63) is 48.0 Å². The number of thiazole rings is 1. The predicted molar refractivity (Wildman–Crippen MR) is 155 cm³/mol. The molecule has 0 aliphatic carbocycles. The van der Waals surface area contributed by atoms with Crippen molar-refractivity contribution < 1.29 is 13.2 Å². The quantitative estimate of drug-likeness (QED) is 0.286. The van der Waals surface area contributed by atoms with E-state index >= 15 is 0 Å². The van der Waals surface area contributed by atoms with E-state index < -0.39 is 10.0 Å². The van der Waals surface area contributed by atoms with Crippen molar-refractivity contribution in [2.75, 3.05) is 50.4 Å². The standard InChI is InChI=1S/C27H36N4O3S3/c1-4-6-14-31(15-7-5-2)37(33,34)23-11-8-21(9-12-23)26(32)29-16-18-30(19-17-29)27-28-24-13-10-22(35-3)20-25(24)36-27/h8-13,20H,4-7,14-19H2,1-3H3. The van der Waals surface area contributed by atoms with E-state index in [0.717, 1.165) is 49.4 Å². The summed E-state index contributed by atoms with van der Waals surface area (Å²) in [5.41, 5.74) is 1.53. The fourth-order valence-electron chi connectivity index (χ4n) is 4.38. The second-order valence-corrected chi connectivity index (χ2v) is 13.1. The molecule has 37 heavy (non-hydrogen) atoms. The molecular formula is C27H36N4O3S3. The van der Waals surface area contributed by atoms with Gasteiger partial charge < -0.3 is 9.80 Å². The Morgan fingerprint density at radius 2 is 1.65 bits per heavy atom. The molecule has 0 unspecified atom stereocenters. The molecule has 0 spiro atoms. The van der Waals surface area contributed by atoms with Gasteiger partial charge in [0.15, 0.2) is 5.13 Å². The maximum absolute atomic E-state index is 13.2. The summed E-state index contributed by atoms with van der Waals surface area (Å²) < 4.78 is 29.2. The Bertz CT molecular complexity index is 1290. The van der Waals surface area contributed by atoms with Crippen molar-refractivity contribution in [1.82, 2.24) is 14.2 Å². The summed E-state index contributed by atoms with van der Waals surface area (Å²) in [4.78, 5) is 23.5. The topological polar surface area (TPSA) is 73.8 Å². The van der Waals surface area contributed by atoms with Gasteiger partial charge in [-0.1, -0.05) is 38.0 Å². The van der Waals surface area contributed by atoms with Gasteiger partial charge in [0.25, 0.3) is 5.91 Å². The summed E-state index contributed by atoms with van der Waals surface area (Å²) >= 11 is 3.42. The van der Waals surface area contributed by atoms with Gasteiger partial charge in [-0.05, 0) is 61.6 Å². The number of nitrogens with zero attached hydrogens (tertiary/aromatic N) is 4. The first-order chi connectivity index (χ1) is 17.9. The largest absolute Gasteiger partial charge is 0.345 e.